The van der Waals surface area contributed by atoms with Gasteiger partial charge in [-0.3, -0.25) is 9.63 Å². The molecule has 2 aromatic rings. The third kappa shape index (κ3) is 5.07. The Balaban J connectivity index is 1.65. The van der Waals surface area contributed by atoms with E-state index in [1.807, 2.05) is 0 Å². The summed E-state index contributed by atoms with van der Waals surface area (Å²) < 4.78 is 53.0. The largest absolute Gasteiger partial charge is 0.480 e. The average molecular weight is 438 g/mol. The van der Waals surface area contributed by atoms with Gasteiger partial charge in [0, 0.05) is 5.69 Å². The lowest BCUT2D eigenvalue weighted by Gasteiger charge is -2.15. The van der Waals surface area contributed by atoms with Crippen LogP contribution in [0.5, 0.6) is 11.5 Å². The Bertz CT molecular complexity index is 987. The lowest BCUT2D eigenvalue weighted by molar-refractivity contribution is -0.137. The van der Waals surface area contributed by atoms with Crippen molar-refractivity contribution in [2.75, 3.05) is 26.1 Å². The van der Waals surface area contributed by atoms with E-state index >= 15 is 0 Å². The second kappa shape index (κ2) is 8.96. The van der Waals surface area contributed by atoms with Crippen molar-refractivity contribution in [3.05, 3.63) is 65.6 Å². The average Bonchev–Trinajstić information content (AvgIpc) is 3.18. The molecule has 1 N–H and O–H groups in total. The van der Waals surface area contributed by atoms with Gasteiger partial charge in [0.2, 0.25) is 5.88 Å². The Hall–Kier alpha value is -3.73. The van der Waals surface area contributed by atoms with Gasteiger partial charge in [-0.2, -0.15) is 13.2 Å². The normalized spacial score (nSPS) is 13.8. The van der Waals surface area contributed by atoms with Crippen LogP contribution in [0.3, 0.4) is 0 Å². The van der Waals surface area contributed by atoms with Crippen molar-refractivity contribution in [1.82, 2.24) is 5.06 Å². The van der Waals surface area contributed by atoms with Crippen molar-refractivity contribution < 1.29 is 41.8 Å². The van der Waals surface area contributed by atoms with Gasteiger partial charge in [-0.25, -0.2) is 4.79 Å². The van der Waals surface area contributed by atoms with Crippen LogP contribution in [0.4, 0.5) is 23.7 Å². The monoisotopic (exact) mass is 438 g/mol. The maximum Gasteiger partial charge on any atom is 0.441 e. The number of hydrogen-bond donors (Lipinski definition) is 1. The molecule has 1 heterocycles. The molecule has 0 spiro atoms. The molecule has 0 unspecified atom stereocenters. The first-order valence-electron chi connectivity index (χ1n) is 8.77. The highest BCUT2D eigenvalue weighted by Gasteiger charge is 2.35. The van der Waals surface area contributed by atoms with Crippen LogP contribution in [0, 0.1) is 0 Å². The predicted molar refractivity (Wildman–Crippen MR) is 101 cm³/mol. The number of hydrogen-bond acceptors (Lipinski definition) is 6. The molecule has 0 saturated carbocycles. The minimum Gasteiger partial charge on any atom is -0.480 e. The van der Waals surface area contributed by atoms with Crippen molar-refractivity contribution >= 4 is 17.7 Å². The van der Waals surface area contributed by atoms with Gasteiger partial charge in [-0.05, 0) is 48.5 Å². The molecule has 11 heteroatoms. The van der Waals surface area contributed by atoms with Gasteiger partial charge in [-0.1, -0.05) is 0 Å². The number of anilines is 1. The third-order valence-electron chi connectivity index (χ3n) is 4.12. The smallest absolute Gasteiger partial charge is 0.441 e. The van der Waals surface area contributed by atoms with E-state index in [2.05, 4.69) is 10.1 Å². The van der Waals surface area contributed by atoms with Crippen LogP contribution in [0.25, 0.3) is 0 Å². The summed E-state index contributed by atoms with van der Waals surface area (Å²) in [6.07, 6.45) is -5.27. The predicted octanol–water partition coefficient (Wildman–Crippen LogP) is 4.31. The quantitative estimate of drug-likeness (QED) is 0.749. The lowest BCUT2D eigenvalue weighted by Crippen LogP contribution is -2.27. The second-order valence-corrected chi connectivity index (χ2v) is 6.13. The fraction of sp³-hybridized carbons (Fsp3) is 0.200. The SMILES string of the molecule is COC(=O)N1OCC(C(=O)Nc2ccc(Oc3ccc(C(F)(F)F)cc3)cc2)=C1OC. The summed E-state index contributed by atoms with van der Waals surface area (Å²) >= 11 is 0. The summed E-state index contributed by atoms with van der Waals surface area (Å²) in [4.78, 5) is 29.2. The Labute approximate surface area is 174 Å². The second-order valence-electron chi connectivity index (χ2n) is 6.13. The van der Waals surface area contributed by atoms with Gasteiger partial charge in [0.15, 0.2) is 0 Å². The van der Waals surface area contributed by atoms with Crippen molar-refractivity contribution in [1.29, 1.82) is 0 Å². The van der Waals surface area contributed by atoms with Crippen LogP contribution in [0.2, 0.25) is 0 Å². The molecule has 2 aromatic carbocycles. The zero-order chi connectivity index (χ0) is 22.6. The summed E-state index contributed by atoms with van der Waals surface area (Å²) in [5.41, 5.74) is -0.286. The lowest BCUT2D eigenvalue weighted by atomic mass is 10.2. The number of hydroxylamine groups is 2. The van der Waals surface area contributed by atoms with Gasteiger partial charge >= 0.3 is 12.3 Å². The number of ether oxygens (including phenoxy) is 3. The molecule has 0 fully saturated rings. The highest BCUT2D eigenvalue weighted by molar-refractivity contribution is 6.04. The molecule has 1 aliphatic rings. The molecule has 8 nitrogen and oxygen atoms in total. The Morgan fingerprint density at radius 2 is 1.58 bits per heavy atom. The first-order valence-corrected chi connectivity index (χ1v) is 8.77. The summed E-state index contributed by atoms with van der Waals surface area (Å²) in [5, 5.41) is 3.36. The standard InChI is InChI=1S/C20H17F3N2O6/c1-28-18-16(11-30-25(18)19(27)29-2)17(26)24-13-5-9-15(10-6-13)31-14-7-3-12(4-8-14)20(21,22)23/h3-10H,11H2,1-2H3,(H,24,26). The number of halogens is 3. The van der Waals surface area contributed by atoms with Crippen molar-refractivity contribution in [3.8, 4) is 11.5 Å². The molecule has 0 saturated heterocycles. The minimum atomic E-state index is -4.42. The maximum atomic E-state index is 12.6. The summed E-state index contributed by atoms with van der Waals surface area (Å²) in [6, 6.07) is 10.4. The van der Waals surface area contributed by atoms with Crippen molar-refractivity contribution in [2.45, 2.75) is 6.18 Å². The topological polar surface area (TPSA) is 86.3 Å². The van der Waals surface area contributed by atoms with E-state index in [1.54, 1.807) is 0 Å². The van der Waals surface area contributed by atoms with Crippen LogP contribution in [0.1, 0.15) is 5.56 Å². The third-order valence-corrected chi connectivity index (χ3v) is 4.12. The number of carbonyl (C=O) groups is 2. The molecule has 0 bridgehead atoms. The number of alkyl halides is 3. The van der Waals surface area contributed by atoms with Gasteiger partial charge in [0.1, 0.15) is 23.7 Å². The highest BCUT2D eigenvalue weighted by Crippen LogP contribution is 2.31. The minimum absolute atomic E-state index is 0.0815. The summed E-state index contributed by atoms with van der Waals surface area (Å²) in [6.45, 7) is -0.195. The Kier molecular flexibility index (Phi) is 6.35. The first-order chi connectivity index (χ1) is 14.7. The molecular weight excluding hydrogens is 421 g/mol. The zero-order valence-corrected chi connectivity index (χ0v) is 16.4. The van der Waals surface area contributed by atoms with Crippen LogP contribution in [-0.4, -0.2) is 37.9 Å². The molecule has 3 rings (SSSR count). The maximum absolute atomic E-state index is 12.6. The number of rotatable bonds is 5. The molecule has 0 atom stereocenters. The van der Waals surface area contributed by atoms with Gasteiger partial charge in [0.05, 0.1) is 19.8 Å². The van der Waals surface area contributed by atoms with Crippen LogP contribution >= 0.6 is 0 Å². The van der Waals surface area contributed by atoms with E-state index in [9.17, 15) is 22.8 Å². The van der Waals surface area contributed by atoms with Crippen molar-refractivity contribution in [2.24, 2.45) is 0 Å². The molecule has 2 amide bonds. The number of methoxy groups -OCH3 is 2. The van der Waals surface area contributed by atoms with Gasteiger partial charge in [0.25, 0.3) is 5.91 Å². The molecule has 0 radical (unpaired) electrons. The number of nitrogens with one attached hydrogen (secondary N) is 1. The summed E-state index contributed by atoms with van der Waals surface area (Å²) in [5.74, 6) is -0.0624. The van der Waals surface area contributed by atoms with Crippen molar-refractivity contribution in [3.63, 3.8) is 0 Å². The fourth-order valence-electron chi connectivity index (χ4n) is 2.62. The van der Waals surface area contributed by atoms with E-state index in [0.717, 1.165) is 24.3 Å². The first kappa shape index (κ1) is 22.0. The Morgan fingerprint density at radius 3 is 2.10 bits per heavy atom. The molecule has 0 aliphatic carbocycles. The number of benzene rings is 2. The molecule has 164 valence electrons. The number of carbonyl (C=O) groups excluding carboxylic acids is 2. The van der Waals surface area contributed by atoms with Gasteiger partial charge < -0.3 is 19.5 Å². The molecule has 0 aromatic heterocycles. The molecular formula is C20H17F3N2O6. The zero-order valence-electron chi connectivity index (χ0n) is 16.4. The molecule has 31 heavy (non-hydrogen) atoms. The highest BCUT2D eigenvalue weighted by atomic mass is 19.4. The number of amides is 2. The van der Waals surface area contributed by atoms with Crippen LogP contribution in [-0.2, 0) is 25.3 Å². The molecule has 1 aliphatic heterocycles. The summed E-state index contributed by atoms with van der Waals surface area (Å²) in [7, 11) is 2.44. The fourth-order valence-corrected chi connectivity index (χ4v) is 2.62. The number of nitrogens with zero attached hydrogens (tertiary/aromatic N) is 1. The van der Waals surface area contributed by atoms with E-state index < -0.39 is 23.7 Å². The van der Waals surface area contributed by atoms with Crippen LogP contribution < -0.4 is 10.1 Å². The van der Waals surface area contributed by atoms with E-state index in [4.69, 9.17) is 14.3 Å². The van der Waals surface area contributed by atoms with Crippen LogP contribution in [0.15, 0.2) is 60.0 Å². The van der Waals surface area contributed by atoms with E-state index in [1.165, 1.54) is 43.5 Å². The Morgan fingerprint density at radius 1 is 1.00 bits per heavy atom. The van der Waals surface area contributed by atoms with Gasteiger partial charge in [-0.15, -0.1) is 5.06 Å². The van der Waals surface area contributed by atoms with E-state index in [-0.39, 0.29) is 23.8 Å². The van der Waals surface area contributed by atoms with E-state index in [0.29, 0.717) is 11.4 Å².